The molecule has 2 aromatic rings. The number of aryl methyl sites for hydroxylation is 1. The molecule has 0 aliphatic carbocycles. The number of sulfone groups is 1. The number of hydrogen-bond acceptors (Lipinski definition) is 6. The van der Waals surface area contributed by atoms with E-state index in [1.165, 1.54) is 13.2 Å². The number of nitrogens with zero attached hydrogens (tertiary/aromatic N) is 2. The van der Waals surface area contributed by atoms with Crippen LogP contribution in [-0.2, 0) is 15.6 Å². The third-order valence-corrected chi connectivity index (χ3v) is 4.59. The first-order valence-electron chi connectivity index (χ1n) is 6.31. The van der Waals surface area contributed by atoms with E-state index in [4.69, 9.17) is 4.74 Å². The molecule has 22 heavy (non-hydrogen) atoms. The fraction of sp³-hybridized carbons (Fsp3) is 0.214. The Morgan fingerprint density at radius 3 is 2.36 bits per heavy atom. The van der Waals surface area contributed by atoms with Crippen LogP contribution in [0.4, 0.5) is 5.69 Å². The molecule has 0 aliphatic rings. The van der Waals surface area contributed by atoms with Crippen molar-refractivity contribution in [1.82, 2.24) is 4.98 Å². The van der Waals surface area contributed by atoms with Crippen molar-refractivity contribution in [2.75, 3.05) is 7.11 Å². The average molecular weight is 322 g/mol. The summed E-state index contributed by atoms with van der Waals surface area (Å²) < 4.78 is 29.9. The first-order chi connectivity index (χ1) is 10.3. The van der Waals surface area contributed by atoms with Gasteiger partial charge in [0.05, 0.1) is 17.8 Å². The fourth-order valence-electron chi connectivity index (χ4n) is 1.90. The lowest BCUT2D eigenvalue weighted by molar-refractivity contribution is -0.388. The van der Waals surface area contributed by atoms with E-state index in [0.29, 0.717) is 17.0 Å². The summed E-state index contributed by atoms with van der Waals surface area (Å²) in [6.07, 6.45) is 0. The second kappa shape index (κ2) is 6.10. The molecule has 1 aromatic carbocycles. The number of rotatable bonds is 5. The van der Waals surface area contributed by atoms with Gasteiger partial charge in [-0.2, -0.15) is 0 Å². The molecular formula is C14H14N2O5S. The molecule has 0 N–H and O–H groups in total. The summed E-state index contributed by atoms with van der Waals surface area (Å²) in [6, 6.07) is 9.01. The highest BCUT2D eigenvalue weighted by atomic mass is 32.2. The number of pyridine rings is 1. The van der Waals surface area contributed by atoms with Crippen molar-refractivity contribution in [2.24, 2.45) is 0 Å². The van der Waals surface area contributed by atoms with Gasteiger partial charge in [-0.3, -0.25) is 10.1 Å². The fourth-order valence-corrected chi connectivity index (χ4v) is 3.42. The minimum Gasteiger partial charge on any atom is -0.497 e. The molecule has 0 aliphatic heterocycles. The first kappa shape index (κ1) is 15.9. The highest BCUT2D eigenvalue weighted by Crippen LogP contribution is 2.25. The highest BCUT2D eigenvalue weighted by molar-refractivity contribution is 7.90. The van der Waals surface area contributed by atoms with E-state index in [0.717, 1.165) is 6.07 Å². The largest absolute Gasteiger partial charge is 0.497 e. The maximum Gasteiger partial charge on any atom is 0.306 e. The smallest absolute Gasteiger partial charge is 0.306 e. The molecule has 7 nitrogen and oxygen atoms in total. The topological polar surface area (TPSA) is 99.4 Å². The minimum atomic E-state index is -3.92. The van der Waals surface area contributed by atoms with Gasteiger partial charge in [0.15, 0.2) is 0 Å². The van der Waals surface area contributed by atoms with Crippen LogP contribution >= 0.6 is 0 Å². The zero-order valence-electron chi connectivity index (χ0n) is 12.0. The lowest BCUT2D eigenvalue weighted by Gasteiger charge is -2.06. The Morgan fingerprint density at radius 1 is 1.18 bits per heavy atom. The summed E-state index contributed by atoms with van der Waals surface area (Å²) in [4.78, 5) is 14.1. The van der Waals surface area contributed by atoms with Gasteiger partial charge in [0.2, 0.25) is 14.9 Å². The van der Waals surface area contributed by atoms with E-state index in [1.807, 2.05) is 0 Å². The number of benzene rings is 1. The third kappa shape index (κ3) is 3.40. The van der Waals surface area contributed by atoms with E-state index >= 15 is 0 Å². The van der Waals surface area contributed by atoms with Crippen LogP contribution in [0.5, 0.6) is 5.75 Å². The molecule has 0 saturated heterocycles. The third-order valence-electron chi connectivity index (χ3n) is 2.99. The molecule has 116 valence electrons. The van der Waals surface area contributed by atoms with Gasteiger partial charge in [0, 0.05) is 11.8 Å². The molecule has 0 radical (unpaired) electrons. The summed E-state index contributed by atoms with van der Waals surface area (Å²) >= 11 is 0. The van der Waals surface area contributed by atoms with Gasteiger partial charge in [-0.05, 0) is 30.7 Å². The molecule has 1 aromatic heterocycles. The van der Waals surface area contributed by atoms with Crippen molar-refractivity contribution in [3.05, 3.63) is 57.8 Å². The zero-order chi connectivity index (χ0) is 16.3. The average Bonchev–Trinajstić information content (AvgIpc) is 2.47. The Morgan fingerprint density at radius 2 is 1.82 bits per heavy atom. The van der Waals surface area contributed by atoms with Crippen LogP contribution in [0.3, 0.4) is 0 Å². The monoisotopic (exact) mass is 322 g/mol. The maximum atomic E-state index is 12.4. The van der Waals surface area contributed by atoms with Crippen LogP contribution in [0.1, 0.15) is 11.3 Å². The summed E-state index contributed by atoms with van der Waals surface area (Å²) in [5.41, 5.74) is 0.386. The van der Waals surface area contributed by atoms with Gasteiger partial charge < -0.3 is 4.74 Å². The normalized spacial score (nSPS) is 11.2. The maximum absolute atomic E-state index is 12.4. The molecule has 0 saturated carbocycles. The molecule has 0 spiro atoms. The SMILES string of the molecule is COc1ccc(CS(=O)(=O)c2nc(C)ccc2[N+](=O)[O-])cc1. The summed E-state index contributed by atoms with van der Waals surface area (Å²) in [6.45, 7) is 1.58. The Kier molecular flexibility index (Phi) is 4.41. The van der Waals surface area contributed by atoms with Gasteiger partial charge >= 0.3 is 5.69 Å². The summed E-state index contributed by atoms with van der Waals surface area (Å²) in [7, 11) is -2.42. The predicted molar refractivity (Wildman–Crippen MR) is 79.5 cm³/mol. The second-order valence-electron chi connectivity index (χ2n) is 4.64. The first-order valence-corrected chi connectivity index (χ1v) is 7.96. The van der Waals surface area contributed by atoms with E-state index in [9.17, 15) is 18.5 Å². The van der Waals surface area contributed by atoms with Crippen molar-refractivity contribution in [2.45, 2.75) is 17.7 Å². The van der Waals surface area contributed by atoms with E-state index in [2.05, 4.69) is 4.98 Å². The van der Waals surface area contributed by atoms with Crippen LogP contribution in [0.15, 0.2) is 41.4 Å². The zero-order valence-corrected chi connectivity index (χ0v) is 12.8. The summed E-state index contributed by atoms with van der Waals surface area (Å²) in [5, 5.41) is 10.5. The number of nitro groups is 1. The second-order valence-corrected chi connectivity index (χ2v) is 6.55. The van der Waals surface area contributed by atoms with Crippen LogP contribution < -0.4 is 4.74 Å². The molecular weight excluding hydrogens is 308 g/mol. The molecule has 1 heterocycles. The molecule has 8 heteroatoms. The standard InChI is InChI=1S/C14H14N2O5S/c1-10-3-8-13(16(17)18)14(15-10)22(19,20)9-11-4-6-12(21-2)7-5-11/h3-8H,9H2,1-2H3. The van der Waals surface area contributed by atoms with E-state index < -0.39 is 25.5 Å². The molecule has 0 bridgehead atoms. The van der Waals surface area contributed by atoms with E-state index in [1.54, 1.807) is 31.2 Å². The quantitative estimate of drug-likeness (QED) is 0.618. The van der Waals surface area contributed by atoms with Gasteiger partial charge in [0.1, 0.15) is 5.75 Å². The lowest BCUT2D eigenvalue weighted by Crippen LogP contribution is -2.11. The number of ether oxygens (including phenoxy) is 1. The Bertz CT molecular complexity index is 800. The molecule has 0 amide bonds. The predicted octanol–water partition coefficient (Wildman–Crippen LogP) is 2.28. The van der Waals surface area contributed by atoms with Crippen LogP contribution in [-0.4, -0.2) is 25.4 Å². The van der Waals surface area contributed by atoms with Gasteiger partial charge in [-0.25, -0.2) is 13.4 Å². The molecule has 2 rings (SSSR count). The van der Waals surface area contributed by atoms with Gasteiger partial charge in [-0.15, -0.1) is 0 Å². The molecule has 0 fully saturated rings. The van der Waals surface area contributed by atoms with Crippen molar-refractivity contribution in [1.29, 1.82) is 0 Å². The summed E-state index contributed by atoms with van der Waals surface area (Å²) in [5.74, 6) is 0.231. The van der Waals surface area contributed by atoms with Gasteiger partial charge in [-0.1, -0.05) is 12.1 Å². The van der Waals surface area contributed by atoms with Crippen molar-refractivity contribution >= 4 is 15.5 Å². The highest BCUT2D eigenvalue weighted by Gasteiger charge is 2.28. The van der Waals surface area contributed by atoms with Crippen molar-refractivity contribution in [3.63, 3.8) is 0 Å². The number of methoxy groups -OCH3 is 1. The van der Waals surface area contributed by atoms with Crippen molar-refractivity contribution in [3.8, 4) is 5.75 Å². The lowest BCUT2D eigenvalue weighted by atomic mass is 10.2. The Labute approximate surface area is 127 Å². The van der Waals surface area contributed by atoms with Crippen molar-refractivity contribution < 1.29 is 18.1 Å². The Balaban J connectivity index is 2.41. The number of hydrogen-bond donors (Lipinski definition) is 0. The Hall–Kier alpha value is -2.48. The van der Waals surface area contributed by atoms with Crippen LogP contribution in [0.25, 0.3) is 0 Å². The van der Waals surface area contributed by atoms with Gasteiger partial charge in [0.25, 0.3) is 0 Å². The number of aromatic nitrogens is 1. The molecule has 0 atom stereocenters. The molecule has 0 unspecified atom stereocenters. The van der Waals surface area contributed by atoms with E-state index in [-0.39, 0.29) is 5.75 Å². The van der Waals surface area contributed by atoms with Crippen LogP contribution in [0, 0.1) is 17.0 Å². The minimum absolute atomic E-state index is 0.367. The van der Waals surface area contributed by atoms with Crippen LogP contribution in [0.2, 0.25) is 0 Å².